The van der Waals surface area contributed by atoms with Crippen LogP contribution in [0.5, 0.6) is 0 Å². The van der Waals surface area contributed by atoms with Crippen LogP contribution in [0.4, 0.5) is 0 Å². The SMILES string of the molecule is CCCCC(CC)(CCl)CC1CCC(C)(C)O1. The minimum absolute atomic E-state index is 0.0845. The molecule has 102 valence electrons. The second kappa shape index (κ2) is 6.43. The van der Waals surface area contributed by atoms with Crippen molar-refractivity contribution >= 4 is 11.6 Å². The summed E-state index contributed by atoms with van der Waals surface area (Å²) < 4.78 is 6.13. The van der Waals surface area contributed by atoms with Crippen molar-refractivity contribution in [2.75, 3.05) is 5.88 Å². The normalized spacial score (nSPS) is 27.0. The Balaban J connectivity index is 2.54. The van der Waals surface area contributed by atoms with E-state index in [4.69, 9.17) is 16.3 Å². The Morgan fingerprint density at radius 1 is 1.35 bits per heavy atom. The molecule has 0 aliphatic carbocycles. The highest BCUT2D eigenvalue weighted by Crippen LogP contribution is 2.41. The van der Waals surface area contributed by atoms with E-state index in [1.165, 1.54) is 38.5 Å². The quantitative estimate of drug-likeness (QED) is 0.575. The molecule has 2 atom stereocenters. The number of halogens is 1. The third kappa shape index (κ3) is 4.44. The van der Waals surface area contributed by atoms with Gasteiger partial charge in [0.15, 0.2) is 0 Å². The Bertz CT molecular complexity index is 221. The van der Waals surface area contributed by atoms with E-state index in [9.17, 15) is 0 Å². The average Bonchev–Trinajstić information content (AvgIpc) is 2.64. The lowest BCUT2D eigenvalue weighted by Crippen LogP contribution is -2.29. The number of alkyl halides is 1. The van der Waals surface area contributed by atoms with Crippen molar-refractivity contribution in [3.63, 3.8) is 0 Å². The Hall–Kier alpha value is 0.250. The van der Waals surface area contributed by atoms with Gasteiger partial charge >= 0.3 is 0 Å². The van der Waals surface area contributed by atoms with Gasteiger partial charge in [0.05, 0.1) is 11.7 Å². The van der Waals surface area contributed by atoms with Crippen LogP contribution in [0.15, 0.2) is 0 Å². The molecule has 2 unspecified atom stereocenters. The average molecular weight is 261 g/mol. The highest BCUT2D eigenvalue weighted by molar-refractivity contribution is 6.18. The molecule has 0 amide bonds. The van der Waals surface area contributed by atoms with Crippen LogP contribution in [-0.2, 0) is 4.74 Å². The molecule has 0 aromatic rings. The second-order valence-corrected chi connectivity index (χ2v) is 6.60. The molecular formula is C15H29ClO. The highest BCUT2D eigenvalue weighted by Gasteiger charge is 2.37. The molecule has 1 rings (SSSR count). The first-order valence-electron chi connectivity index (χ1n) is 7.21. The number of hydrogen-bond donors (Lipinski definition) is 0. The van der Waals surface area contributed by atoms with E-state index in [0.29, 0.717) is 11.5 Å². The third-order valence-electron chi connectivity index (χ3n) is 4.31. The minimum atomic E-state index is 0.0845. The van der Waals surface area contributed by atoms with E-state index in [0.717, 1.165) is 12.3 Å². The molecule has 0 radical (unpaired) electrons. The maximum atomic E-state index is 6.25. The maximum Gasteiger partial charge on any atom is 0.0631 e. The number of hydrogen-bond acceptors (Lipinski definition) is 1. The summed E-state index contributed by atoms with van der Waals surface area (Å²) in [6.45, 7) is 8.93. The fourth-order valence-corrected chi connectivity index (χ4v) is 3.33. The van der Waals surface area contributed by atoms with Gasteiger partial charge in [0.2, 0.25) is 0 Å². The molecular weight excluding hydrogens is 232 g/mol. The molecule has 1 saturated heterocycles. The summed E-state index contributed by atoms with van der Waals surface area (Å²) in [6.07, 6.45) is 8.95. The first-order valence-corrected chi connectivity index (χ1v) is 7.74. The van der Waals surface area contributed by atoms with Crippen molar-refractivity contribution in [2.24, 2.45) is 5.41 Å². The molecule has 1 heterocycles. The van der Waals surface area contributed by atoms with E-state index in [1.54, 1.807) is 0 Å². The van der Waals surface area contributed by atoms with Crippen LogP contribution >= 0.6 is 11.6 Å². The van der Waals surface area contributed by atoms with Gasteiger partial charge < -0.3 is 4.74 Å². The summed E-state index contributed by atoms with van der Waals surface area (Å²) in [7, 11) is 0. The zero-order valence-electron chi connectivity index (χ0n) is 12.0. The first-order chi connectivity index (χ1) is 7.97. The van der Waals surface area contributed by atoms with Crippen LogP contribution in [0.1, 0.15) is 72.6 Å². The van der Waals surface area contributed by atoms with Crippen molar-refractivity contribution in [3.8, 4) is 0 Å². The molecule has 1 aliphatic heterocycles. The zero-order chi connectivity index (χ0) is 12.9. The van der Waals surface area contributed by atoms with E-state index in [2.05, 4.69) is 27.7 Å². The molecule has 0 aromatic heterocycles. The van der Waals surface area contributed by atoms with Crippen molar-refractivity contribution in [1.82, 2.24) is 0 Å². The summed E-state index contributed by atoms with van der Waals surface area (Å²) in [4.78, 5) is 0. The molecule has 0 N–H and O–H groups in total. The summed E-state index contributed by atoms with van der Waals surface area (Å²) in [6, 6.07) is 0. The fourth-order valence-electron chi connectivity index (χ4n) is 2.90. The molecule has 0 bridgehead atoms. The predicted molar refractivity (Wildman–Crippen MR) is 75.8 cm³/mol. The molecule has 0 saturated carbocycles. The lowest BCUT2D eigenvalue weighted by molar-refractivity contribution is -0.0350. The number of unbranched alkanes of at least 4 members (excludes halogenated alkanes) is 1. The van der Waals surface area contributed by atoms with Crippen LogP contribution in [0.25, 0.3) is 0 Å². The second-order valence-electron chi connectivity index (χ2n) is 6.33. The van der Waals surface area contributed by atoms with Gasteiger partial charge in [-0.3, -0.25) is 0 Å². The Kier molecular flexibility index (Phi) is 5.79. The molecule has 0 aromatic carbocycles. The van der Waals surface area contributed by atoms with Crippen molar-refractivity contribution in [1.29, 1.82) is 0 Å². The molecule has 1 fully saturated rings. The Morgan fingerprint density at radius 2 is 2.06 bits per heavy atom. The van der Waals surface area contributed by atoms with Gasteiger partial charge in [-0.1, -0.05) is 26.7 Å². The van der Waals surface area contributed by atoms with Gasteiger partial charge in [0, 0.05) is 5.88 Å². The molecule has 17 heavy (non-hydrogen) atoms. The van der Waals surface area contributed by atoms with E-state index < -0.39 is 0 Å². The van der Waals surface area contributed by atoms with Crippen molar-refractivity contribution in [3.05, 3.63) is 0 Å². The third-order valence-corrected chi connectivity index (χ3v) is 4.88. The van der Waals surface area contributed by atoms with Gasteiger partial charge in [0.25, 0.3) is 0 Å². The Morgan fingerprint density at radius 3 is 2.47 bits per heavy atom. The predicted octanol–water partition coefficient (Wildman–Crippen LogP) is 5.16. The molecule has 1 nitrogen and oxygen atoms in total. The first kappa shape index (κ1) is 15.3. The van der Waals surface area contributed by atoms with Crippen LogP contribution in [0.3, 0.4) is 0 Å². The lowest BCUT2D eigenvalue weighted by Gasteiger charge is -2.34. The van der Waals surface area contributed by atoms with Crippen LogP contribution in [0.2, 0.25) is 0 Å². The maximum absolute atomic E-state index is 6.25. The topological polar surface area (TPSA) is 9.23 Å². The fraction of sp³-hybridized carbons (Fsp3) is 1.00. The van der Waals surface area contributed by atoms with Crippen LogP contribution < -0.4 is 0 Å². The van der Waals surface area contributed by atoms with Crippen molar-refractivity contribution < 1.29 is 4.74 Å². The van der Waals surface area contributed by atoms with Gasteiger partial charge in [0.1, 0.15) is 0 Å². The summed E-state index contributed by atoms with van der Waals surface area (Å²) in [5.74, 6) is 0.782. The van der Waals surface area contributed by atoms with Gasteiger partial charge in [-0.15, -0.1) is 11.6 Å². The Labute approximate surface area is 112 Å². The number of rotatable bonds is 7. The van der Waals surface area contributed by atoms with E-state index in [-0.39, 0.29) is 5.60 Å². The smallest absolute Gasteiger partial charge is 0.0631 e. The summed E-state index contributed by atoms with van der Waals surface area (Å²) in [5, 5.41) is 0. The lowest BCUT2D eigenvalue weighted by atomic mass is 9.77. The molecule has 2 heteroatoms. The summed E-state index contributed by atoms with van der Waals surface area (Å²) >= 11 is 6.25. The van der Waals surface area contributed by atoms with Gasteiger partial charge in [-0.25, -0.2) is 0 Å². The minimum Gasteiger partial charge on any atom is -0.372 e. The van der Waals surface area contributed by atoms with E-state index in [1.807, 2.05) is 0 Å². The monoisotopic (exact) mass is 260 g/mol. The molecule has 0 spiro atoms. The number of ether oxygens (including phenoxy) is 1. The van der Waals surface area contributed by atoms with Crippen LogP contribution in [-0.4, -0.2) is 17.6 Å². The van der Waals surface area contributed by atoms with Crippen LogP contribution in [0, 0.1) is 5.41 Å². The van der Waals surface area contributed by atoms with E-state index >= 15 is 0 Å². The van der Waals surface area contributed by atoms with Crippen molar-refractivity contribution in [2.45, 2.75) is 84.3 Å². The largest absolute Gasteiger partial charge is 0.372 e. The summed E-state index contributed by atoms with van der Waals surface area (Å²) in [5.41, 5.74) is 0.393. The molecule has 1 aliphatic rings. The van der Waals surface area contributed by atoms with Gasteiger partial charge in [-0.2, -0.15) is 0 Å². The van der Waals surface area contributed by atoms with Gasteiger partial charge in [-0.05, 0) is 51.4 Å². The standard InChI is InChI=1S/C15H29ClO/c1-5-7-9-15(6-2,12-16)11-13-8-10-14(3,4)17-13/h13H,5-12H2,1-4H3. The zero-order valence-corrected chi connectivity index (χ0v) is 12.8. The highest BCUT2D eigenvalue weighted by atomic mass is 35.5.